The van der Waals surface area contributed by atoms with E-state index in [0.717, 1.165) is 17.7 Å². The lowest BCUT2D eigenvalue weighted by molar-refractivity contribution is -0.00310. The third-order valence-corrected chi connectivity index (χ3v) is 3.74. The number of amides is 1. The maximum absolute atomic E-state index is 12.6. The van der Waals surface area contributed by atoms with Gasteiger partial charge in [-0.25, -0.2) is 0 Å². The lowest BCUT2D eigenvalue weighted by Crippen LogP contribution is -2.48. The molecular formula is C15H18N4O2. The molecule has 0 saturated carbocycles. The fraction of sp³-hybridized carbons (Fsp3) is 0.400. The Morgan fingerprint density at radius 2 is 2.29 bits per heavy atom. The second-order valence-corrected chi connectivity index (χ2v) is 5.04. The van der Waals surface area contributed by atoms with E-state index in [-0.39, 0.29) is 11.9 Å². The maximum Gasteiger partial charge on any atom is 0.272 e. The summed E-state index contributed by atoms with van der Waals surface area (Å²) >= 11 is 0. The number of nitrogens with zero attached hydrogens (tertiary/aromatic N) is 3. The van der Waals surface area contributed by atoms with E-state index in [1.54, 1.807) is 18.5 Å². The molecular weight excluding hydrogens is 268 g/mol. The van der Waals surface area contributed by atoms with E-state index in [9.17, 15) is 4.79 Å². The average Bonchev–Trinajstić information content (AvgIpc) is 3.05. The van der Waals surface area contributed by atoms with Crippen LogP contribution in [0.3, 0.4) is 0 Å². The van der Waals surface area contributed by atoms with E-state index in [2.05, 4.69) is 22.1 Å². The fourth-order valence-electron chi connectivity index (χ4n) is 2.52. The van der Waals surface area contributed by atoms with E-state index in [1.165, 1.54) is 0 Å². The molecule has 6 nitrogen and oxygen atoms in total. The molecule has 0 spiro atoms. The summed E-state index contributed by atoms with van der Waals surface area (Å²) in [6.45, 7) is 3.89. The van der Waals surface area contributed by atoms with E-state index in [0.29, 0.717) is 25.5 Å². The van der Waals surface area contributed by atoms with Crippen LogP contribution in [-0.4, -0.2) is 51.8 Å². The van der Waals surface area contributed by atoms with Crippen LogP contribution in [0.1, 0.15) is 23.8 Å². The van der Waals surface area contributed by atoms with Crippen LogP contribution in [0.15, 0.2) is 30.6 Å². The molecule has 2 aromatic heterocycles. The van der Waals surface area contributed by atoms with Crippen molar-refractivity contribution in [2.75, 3.05) is 19.8 Å². The highest BCUT2D eigenvalue weighted by atomic mass is 16.5. The molecule has 3 rings (SSSR count). The summed E-state index contributed by atoms with van der Waals surface area (Å²) < 4.78 is 5.44. The van der Waals surface area contributed by atoms with Gasteiger partial charge in [-0.3, -0.25) is 14.9 Å². The lowest BCUT2D eigenvalue weighted by atomic mass is 10.1. The summed E-state index contributed by atoms with van der Waals surface area (Å²) in [6, 6.07) is 5.67. The number of hydrogen-bond donors (Lipinski definition) is 1. The first-order valence-corrected chi connectivity index (χ1v) is 7.14. The highest BCUT2D eigenvalue weighted by Crippen LogP contribution is 2.19. The minimum absolute atomic E-state index is 0.0158. The highest BCUT2D eigenvalue weighted by Gasteiger charge is 2.27. The quantitative estimate of drug-likeness (QED) is 0.932. The van der Waals surface area contributed by atoms with Gasteiger partial charge >= 0.3 is 0 Å². The minimum Gasteiger partial charge on any atom is -0.377 e. The Kier molecular flexibility index (Phi) is 3.96. The number of aromatic amines is 1. The van der Waals surface area contributed by atoms with Gasteiger partial charge in [0.15, 0.2) is 0 Å². The number of ether oxygens (including phenoxy) is 1. The largest absolute Gasteiger partial charge is 0.377 e. The zero-order valence-corrected chi connectivity index (χ0v) is 12.0. The molecule has 0 bridgehead atoms. The number of morpholine rings is 1. The lowest BCUT2D eigenvalue weighted by Gasteiger charge is -2.34. The van der Waals surface area contributed by atoms with E-state index < -0.39 is 0 Å². The Hall–Kier alpha value is -2.21. The van der Waals surface area contributed by atoms with Gasteiger partial charge in [0.2, 0.25) is 0 Å². The Balaban J connectivity index is 1.81. The van der Waals surface area contributed by atoms with E-state index >= 15 is 0 Å². The molecule has 1 atom stereocenters. The zero-order valence-electron chi connectivity index (χ0n) is 12.0. The predicted octanol–water partition coefficient (Wildman–Crippen LogP) is 1.72. The van der Waals surface area contributed by atoms with Crippen molar-refractivity contribution in [1.82, 2.24) is 20.1 Å². The summed E-state index contributed by atoms with van der Waals surface area (Å²) in [5.41, 5.74) is 2.21. The first-order valence-electron chi connectivity index (χ1n) is 7.14. The van der Waals surface area contributed by atoms with Crippen LogP contribution in [0.5, 0.6) is 0 Å². The molecule has 1 saturated heterocycles. The molecule has 1 aliphatic heterocycles. The van der Waals surface area contributed by atoms with Gasteiger partial charge in [-0.2, -0.15) is 5.10 Å². The van der Waals surface area contributed by atoms with Crippen molar-refractivity contribution in [3.8, 4) is 11.3 Å². The van der Waals surface area contributed by atoms with Crippen molar-refractivity contribution < 1.29 is 9.53 Å². The van der Waals surface area contributed by atoms with Crippen LogP contribution in [0, 0.1) is 0 Å². The van der Waals surface area contributed by atoms with Gasteiger partial charge in [0.05, 0.1) is 24.9 Å². The third-order valence-electron chi connectivity index (χ3n) is 3.74. The number of nitrogens with one attached hydrogen (secondary N) is 1. The smallest absolute Gasteiger partial charge is 0.272 e. The first-order chi connectivity index (χ1) is 10.3. The number of aromatic nitrogens is 3. The molecule has 0 aliphatic carbocycles. The Morgan fingerprint density at radius 1 is 1.48 bits per heavy atom. The van der Waals surface area contributed by atoms with Crippen LogP contribution in [0.4, 0.5) is 0 Å². The SMILES string of the molecule is CC[C@H]1COCCN1C(=O)c1cc(-c2ccncc2)n[nH]1. The second-order valence-electron chi connectivity index (χ2n) is 5.04. The maximum atomic E-state index is 12.6. The van der Waals surface area contributed by atoms with E-state index in [4.69, 9.17) is 4.74 Å². The monoisotopic (exact) mass is 286 g/mol. The fourth-order valence-corrected chi connectivity index (χ4v) is 2.52. The van der Waals surface area contributed by atoms with Gasteiger partial charge in [0.25, 0.3) is 5.91 Å². The summed E-state index contributed by atoms with van der Waals surface area (Å²) in [5.74, 6) is -0.0158. The summed E-state index contributed by atoms with van der Waals surface area (Å²) in [5, 5.41) is 7.07. The predicted molar refractivity (Wildman–Crippen MR) is 77.8 cm³/mol. The molecule has 0 aromatic carbocycles. The van der Waals surface area contributed by atoms with Gasteiger partial charge < -0.3 is 9.64 Å². The normalized spacial score (nSPS) is 18.7. The third kappa shape index (κ3) is 2.80. The number of pyridine rings is 1. The summed E-state index contributed by atoms with van der Waals surface area (Å²) in [7, 11) is 0. The standard InChI is InChI=1S/C15H18N4O2/c1-2-12-10-21-8-7-19(12)15(20)14-9-13(17-18-14)11-3-5-16-6-4-11/h3-6,9,12H,2,7-8,10H2,1H3,(H,17,18)/t12-/m0/s1. The minimum atomic E-state index is -0.0158. The Labute approximate surface area is 123 Å². The van der Waals surface area contributed by atoms with Gasteiger partial charge in [0, 0.05) is 24.5 Å². The molecule has 2 aromatic rings. The molecule has 21 heavy (non-hydrogen) atoms. The van der Waals surface area contributed by atoms with Crippen LogP contribution < -0.4 is 0 Å². The van der Waals surface area contributed by atoms with Gasteiger partial charge in [0.1, 0.15) is 5.69 Å². The van der Waals surface area contributed by atoms with Crippen molar-refractivity contribution in [1.29, 1.82) is 0 Å². The van der Waals surface area contributed by atoms with Gasteiger partial charge in [-0.15, -0.1) is 0 Å². The van der Waals surface area contributed by atoms with Crippen molar-refractivity contribution in [2.24, 2.45) is 0 Å². The Bertz CT molecular complexity index is 611. The number of carbonyl (C=O) groups excluding carboxylic acids is 1. The molecule has 1 aliphatic rings. The summed E-state index contributed by atoms with van der Waals surface area (Å²) in [4.78, 5) is 18.4. The molecule has 0 radical (unpaired) electrons. The van der Waals surface area contributed by atoms with E-state index in [1.807, 2.05) is 17.0 Å². The van der Waals surface area contributed by atoms with Crippen LogP contribution >= 0.6 is 0 Å². The van der Waals surface area contributed by atoms with Crippen molar-refractivity contribution in [3.05, 3.63) is 36.3 Å². The summed E-state index contributed by atoms with van der Waals surface area (Å²) in [6.07, 6.45) is 4.30. The number of carbonyl (C=O) groups is 1. The van der Waals surface area contributed by atoms with Crippen LogP contribution in [-0.2, 0) is 4.74 Å². The zero-order chi connectivity index (χ0) is 14.7. The topological polar surface area (TPSA) is 71.1 Å². The second kappa shape index (κ2) is 6.05. The number of H-pyrrole nitrogens is 1. The molecule has 110 valence electrons. The molecule has 1 fully saturated rings. The Morgan fingerprint density at radius 3 is 3.05 bits per heavy atom. The molecule has 1 N–H and O–H groups in total. The van der Waals surface area contributed by atoms with Crippen LogP contribution in [0.25, 0.3) is 11.3 Å². The van der Waals surface area contributed by atoms with Crippen molar-refractivity contribution in [2.45, 2.75) is 19.4 Å². The molecule has 0 unspecified atom stereocenters. The highest BCUT2D eigenvalue weighted by molar-refractivity contribution is 5.93. The van der Waals surface area contributed by atoms with Crippen LogP contribution in [0.2, 0.25) is 0 Å². The number of rotatable bonds is 3. The van der Waals surface area contributed by atoms with Crippen molar-refractivity contribution >= 4 is 5.91 Å². The number of hydrogen-bond acceptors (Lipinski definition) is 4. The van der Waals surface area contributed by atoms with Gasteiger partial charge in [-0.05, 0) is 24.6 Å². The molecule has 1 amide bonds. The molecule has 6 heteroatoms. The first kappa shape index (κ1) is 13.8. The average molecular weight is 286 g/mol. The van der Waals surface area contributed by atoms with Gasteiger partial charge in [-0.1, -0.05) is 6.92 Å². The van der Waals surface area contributed by atoms with Crippen molar-refractivity contribution in [3.63, 3.8) is 0 Å². The molecule has 3 heterocycles.